The summed E-state index contributed by atoms with van der Waals surface area (Å²) in [5.41, 5.74) is 2.74. The van der Waals surface area contributed by atoms with E-state index in [-0.39, 0.29) is 0 Å². The molecule has 1 saturated heterocycles. The van der Waals surface area contributed by atoms with E-state index in [4.69, 9.17) is 0 Å². The molecule has 17 heavy (non-hydrogen) atoms. The van der Waals surface area contributed by atoms with Crippen molar-refractivity contribution in [1.82, 2.24) is 5.32 Å². The first-order valence-corrected chi connectivity index (χ1v) is 7.60. The van der Waals surface area contributed by atoms with Gasteiger partial charge in [0.1, 0.15) is 0 Å². The molecule has 1 aliphatic rings. The molecule has 1 atom stereocenters. The minimum atomic E-state index is 0.661. The van der Waals surface area contributed by atoms with E-state index >= 15 is 0 Å². The highest BCUT2D eigenvalue weighted by molar-refractivity contribution is 7.99. The van der Waals surface area contributed by atoms with Crippen LogP contribution in [0.15, 0.2) is 24.3 Å². The average Bonchev–Trinajstić information content (AvgIpc) is 2.38. The van der Waals surface area contributed by atoms with Crippen LogP contribution in [0.1, 0.15) is 19.4 Å². The molecule has 1 heterocycles. The van der Waals surface area contributed by atoms with Crippen LogP contribution < -0.4 is 10.2 Å². The number of anilines is 1. The highest BCUT2D eigenvalue weighted by Gasteiger charge is 2.18. The van der Waals surface area contributed by atoms with Crippen molar-refractivity contribution < 1.29 is 0 Å². The molecular formula is C14H22N2S. The summed E-state index contributed by atoms with van der Waals surface area (Å²) in [6.45, 7) is 7.64. The van der Waals surface area contributed by atoms with Gasteiger partial charge in [0.05, 0.1) is 0 Å². The van der Waals surface area contributed by atoms with Crippen LogP contribution in [0.2, 0.25) is 0 Å². The first-order chi connectivity index (χ1) is 8.31. The molecule has 2 rings (SSSR count). The van der Waals surface area contributed by atoms with Crippen LogP contribution in [-0.4, -0.2) is 30.6 Å². The van der Waals surface area contributed by atoms with E-state index in [2.05, 4.69) is 60.1 Å². The van der Waals surface area contributed by atoms with Crippen LogP contribution >= 0.6 is 11.8 Å². The van der Waals surface area contributed by atoms with Crippen molar-refractivity contribution in [2.24, 2.45) is 0 Å². The molecule has 3 heteroatoms. The third kappa shape index (κ3) is 3.39. The van der Waals surface area contributed by atoms with E-state index in [0.29, 0.717) is 6.04 Å². The lowest BCUT2D eigenvalue weighted by Crippen LogP contribution is -2.40. The van der Waals surface area contributed by atoms with Gasteiger partial charge >= 0.3 is 0 Å². The van der Waals surface area contributed by atoms with Gasteiger partial charge in [0, 0.05) is 36.3 Å². The molecule has 2 nitrogen and oxygen atoms in total. The largest absolute Gasteiger partial charge is 0.367 e. The fraction of sp³-hybridized carbons (Fsp3) is 0.571. The van der Waals surface area contributed by atoms with Gasteiger partial charge in [-0.2, -0.15) is 11.8 Å². The minimum Gasteiger partial charge on any atom is -0.367 e. The number of rotatable bonds is 4. The van der Waals surface area contributed by atoms with Crippen molar-refractivity contribution in [2.45, 2.75) is 26.4 Å². The SMILES string of the molecule is CCNCc1ccc(N2CCSCC2C)cc1. The van der Waals surface area contributed by atoms with Gasteiger partial charge in [0.25, 0.3) is 0 Å². The van der Waals surface area contributed by atoms with Crippen molar-refractivity contribution in [3.63, 3.8) is 0 Å². The number of thioether (sulfide) groups is 1. The molecule has 1 N–H and O–H groups in total. The lowest BCUT2D eigenvalue weighted by atomic mass is 10.1. The molecule has 94 valence electrons. The van der Waals surface area contributed by atoms with Gasteiger partial charge in [-0.25, -0.2) is 0 Å². The summed E-state index contributed by atoms with van der Waals surface area (Å²) in [4.78, 5) is 2.52. The maximum Gasteiger partial charge on any atom is 0.0369 e. The Kier molecular flexibility index (Phi) is 4.75. The Hall–Kier alpha value is -0.670. The molecule has 0 aliphatic carbocycles. The second-order valence-corrected chi connectivity index (χ2v) is 5.71. The van der Waals surface area contributed by atoms with E-state index in [0.717, 1.165) is 13.1 Å². The zero-order valence-electron chi connectivity index (χ0n) is 10.8. The Morgan fingerprint density at radius 1 is 1.35 bits per heavy atom. The van der Waals surface area contributed by atoms with Crippen LogP contribution in [0, 0.1) is 0 Å². The van der Waals surface area contributed by atoms with Gasteiger partial charge in [-0.3, -0.25) is 0 Å². The van der Waals surface area contributed by atoms with Crippen LogP contribution in [-0.2, 0) is 6.54 Å². The predicted octanol–water partition coefficient (Wildman–Crippen LogP) is 2.74. The molecule has 1 aliphatic heterocycles. The standard InChI is InChI=1S/C14H22N2S/c1-3-15-10-13-4-6-14(7-5-13)16-8-9-17-11-12(16)2/h4-7,12,15H,3,8-11H2,1-2H3. The van der Waals surface area contributed by atoms with E-state index in [1.54, 1.807) is 0 Å². The van der Waals surface area contributed by atoms with E-state index < -0.39 is 0 Å². The monoisotopic (exact) mass is 250 g/mol. The Morgan fingerprint density at radius 2 is 2.12 bits per heavy atom. The number of nitrogens with one attached hydrogen (secondary N) is 1. The molecular weight excluding hydrogens is 228 g/mol. The van der Waals surface area contributed by atoms with Gasteiger partial charge in [0.15, 0.2) is 0 Å². The number of hydrogen-bond acceptors (Lipinski definition) is 3. The molecule has 1 aromatic carbocycles. The zero-order chi connectivity index (χ0) is 12.1. The molecule has 1 fully saturated rings. The summed E-state index contributed by atoms with van der Waals surface area (Å²) in [5.74, 6) is 2.50. The minimum absolute atomic E-state index is 0.661. The lowest BCUT2D eigenvalue weighted by molar-refractivity contribution is 0.698. The van der Waals surface area contributed by atoms with E-state index in [9.17, 15) is 0 Å². The Balaban J connectivity index is 2.01. The second-order valence-electron chi connectivity index (χ2n) is 4.56. The van der Waals surface area contributed by atoms with Crippen molar-refractivity contribution >= 4 is 17.4 Å². The summed E-state index contributed by atoms with van der Waals surface area (Å²) in [5, 5.41) is 3.36. The van der Waals surface area contributed by atoms with Crippen LogP contribution in [0.25, 0.3) is 0 Å². The molecule has 0 aromatic heterocycles. The van der Waals surface area contributed by atoms with E-state index in [1.807, 2.05) is 0 Å². The van der Waals surface area contributed by atoms with Crippen molar-refractivity contribution in [3.8, 4) is 0 Å². The highest BCUT2D eigenvalue weighted by Crippen LogP contribution is 2.24. The third-order valence-corrected chi connectivity index (χ3v) is 4.40. The molecule has 0 saturated carbocycles. The Bertz CT molecular complexity index is 337. The maximum atomic E-state index is 3.36. The fourth-order valence-electron chi connectivity index (χ4n) is 2.19. The molecule has 0 bridgehead atoms. The van der Waals surface area contributed by atoms with Gasteiger partial charge in [-0.05, 0) is 31.2 Å². The molecule has 0 radical (unpaired) electrons. The molecule has 1 unspecified atom stereocenters. The third-order valence-electron chi connectivity index (χ3n) is 3.21. The first-order valence-electron chi connectivity index (χ1n) is 6.45. The van der Waals surface area contributed by atoms with Crippen LogP contribution in [0.4, 0.5) is 5.69 Å². The molecule has 0 amide bonds. The number of nitrogens with zero attached hydrogens (tertiary/aromatic N) is 1. The van der Waals surface area contributed by atoms with Crippen LogP contribution in [0.5, 0.6) is 0 Å². The highest BCUT2D eigenvalue weighted by atomic mass is 32.2. The molecule has 0 spiro atoms. The van der Waals surface area contributed by atoms with Crippen molar-refractivity contribution in [3.05, 3.63) is 29.8 Å². The maximum absolute atomic E-state index is 3.36. The van der Waals surface area contributed by atoms with Crippen molar-refractivity contribution in [2.75, 3.05) is 29.5 Å². The number of hydrogen-bond donors (Lipinski definition) is 1. The summed E-state index contributed by atoms with van der Waals surface area (Å²) in [7, 11) is 0. The summed E-state index contributed by atoms with van der Waals surface area (Å²) >= 11 is 2.06. The number of benzene rings is 1. The second kappa shape index (κ2) is 6.31. The Morgan fingerprint density at radius 3 is 2.76 bits per heavy atom. The summed E-state index contributed by atoms with van der Waals surface area (Å²) < 4.78 is 0. The van der Waals surface area contributed by atoms with Crippen molar-refractivity contribution in [1.29, 1.82) is 0 Å². The first kappa shape index (κ1) is 12.8. The zero-order valence-corrected chi connectivity index (χ0v) is 11.6. The Labute approximate surface area is 109 Å². The normalized spacial score (nSPS) is 20.6. The van der Waals surface area contributed by atoms with Gasteiger partial charge in [-0.15, -0.1) is 0 Å². The fourth-order valence-corrected chi connectivity index (χ4v) is 3.20. The quantitative estimate of drug-likeness (QED) is 0.884. The predicted molar refractivity (Wildman–Crippen MR) is 78.0 cm³/mol. The summed E-state index contributed by atoms with van der Waals surface area (Å²) in [6, 6.07) is 9.67. The smallest absolute Gasteiger partial charge is 0.0369 e. The summed E-state index contributed by atoms with van der Waals surface area (Å²) in [6.07, 6.45) is 0. The van der Waals surface area contributed by atoms with E-state index in [1.165, 1.54) is 29.3 Å². The van der Waals surface area contributed by atoms with Gasteiger partial charge in [-0.1, -0.05) is 19.1 Å². The van der Waals surface area contributed by atoms with Crippen LogP contribution in [0.3, 0.4) is 0 Å². The van der Waals surface area contributed by atoms with Gasteiger partial charge in [0.2, 0.25) is 0 Å². The average molecular weight is 250 g/mol. The topological polar surface area (TPSA) is 15.3 Å². The lowest BCUT2D eigenvalue weighted by Gasteiger charge is -2.35. The van der Waals surface area contributed by atoms with Gasteiger partial charge < -0.3 is 10.2 Å². The molecule has 1 aromatic rings.